The van der Waals surface area contributed by atoms with Crippen LogP contribution in [0.4, 0.5) is 0 Å². The number of hydrogen-bond donors (Lipinski definition) is 2. The third-order valence-electron chi connectivity index (χ3n) is 4.24. The van der Waals surface area contributed by atoms with E-state index in [1.807, 2.05) is 12.1 Å². The van der Waals surface area contributed by atoms with Crippen LogP contribution >= 0.6 is 11.6 Å². The number of carbonyl (C=O) groups is 2. The summed E-state index contributed by atoms with van der Waals surface area (Å²) in [4.78, 5) is 23.7. The van der Waals surface area contributed by atoms with Gasteiger partial charge in [0, 0.05) is 11.6 Å². The molecule has 1 aromatic rings. The molecular weight excluding hydrogens is 294 g/mol. The highest BCUT2D eigenvalue weighted by Gasteiger charge is 2.55. The highest BCUT2D eigenvalue weighted by Crippen LogP contribution is 2.43. The van der Waals surface area contributed by atoms with E-state index in [-0.39, 0.29) is 18.1 Å². The van der Waals surface area contributed by atoms with Gasteiger partial charge in [0.25, 0.3) is 0 Å². The van der Waals surface area contributed by atoms with Crippen molar-refractivity contribution in [3.63, 3.8) is 0 Å². The van der Waals surface area contributed by atoms with Gasteiger partial charge in [-0.1, -0.05) is 23.7 Å². The van der Waals surface area contributed by atoms with Crippen LogP contribution in [-0.4, -0.2) is 29.2 Å². The Kier molecular flexibility index (Phi) is 3.87. The second-order valence-electron chi connectivity index (χ2n) is 5.52. The summed E-state index contributed by atoms with van der Waals surface area (Å²) in [6.45, 7) is 0.357. The molecule has 1 amide bonds. The fourth-order valence-electron chi connectivity index (χ4n) is 3.23. The molecule has 112 valence electrons. The quantitative estimate of drug-likeness (QED) is 0.890. The lowest BCUT2D eigenvalue weighted by molar-refractivity contribution is -0.147. The summed E-state index contributed by atoms with van der Waals surface area (Å²) in [5, 5.41) is 12.7. The molecule has 2 heterocycles. The van der Waals surface area contributed by atoms with Crippen molar-refractivity contribution in [3.8, 4) is 0 Å². The number of fused-ring (bicyclic) bond motifs is 2. The molecule has 0 spiro atoms. The van der Waals surface area contributed by atoms with Crippen LogP contribution in [0, 0.1) is 11.8 Å². The van der Waals surface area contributed by atoms with E-state index < -0.39 is 17.8 Å². The molecule has 2 saturated heterocycles. The number of carboxylic acids is 1. The molecule has 4 atom stereocenters. The molecule has 0 saturated carbocycles. The first-order chi connectivity index (χ1) is 10.1. The van der Waals surface area contributed by atoms with Crippen LogP contribution in [0.15, 0.2) is 24.3 Å². The minimum absolute atomic E-state index is 0.246. The van der Waals surface area contributed by atoms with Crippen LogP contribution in [0.1, 0.15) is 18.4 Å². The van der Waals surface area contributed by atoms with Crippen molar-refractivity contribution in [2.24, 2.45) is 11.8 Å². The van der Waals surface area contributed by atoms with E-state index in [9.17, 15) is 14.7 Å². The Morgan fingerprint density at radius 3 is 2.43 bits per heavy atom. The minimum Gasteiger partial charge on any atom is -0.481 e. The Labute approximate surface area is 127 Å². The van der Waals surface area contributed by atoms with Crippen molar-refractivity contribution < 1.29 is 19.4 Å². The molecule has 0 radical (unpaired) electrons. The van der Waals surface area contributed by atoms with E-state index in [2.05, 4.69) is 5.32 Å². The van der Waals surface area contributed by atoms with Crippen LogP contribution in [0.5, 0.6) is 0 Å². The van der Waals surface area contributed by atoms with Gasteiger partial charge < -0.3 is 15.2 Å². The normalized spacial score (nSPS) is 30.3. The van der Waals surface area contributed by atoms with Crippen molar-refractivity contribution in [1.82, 2.24) is 5.32 Å². The Hall–Kier alpha value is -1.59. The predicted octanol–water partition coefficient (Wildman–Crippen LogP) is 1.83. The van der Waals surface area contributed by atoms with Gasteiger partial charge in [0.2, 0.25) is 5.91 Å². The van der Waals surface area contributed by atoms with Crippen molar-refractivity contribution in [3.05, 3.63) is 34.9 Å². The number of carboxylic acid groups (broad SMARTS) is 1. The first-order valence-corrected chi connectivity index (χ1v) is 7.34. The Balaban J connectivity index is 1.64. The van der Waals surface area contributed by atoms with Crippen molar-refractivity contribution in [2.45, 2.75) is 31.6 Å². The highest BCUT2D eigenvalue weighted by molar-refractivity contribution is 6.30. The molecule has 6 heteroatoms. The summed E-state index contributed by atoms with van der Waals surface area (Å²) in [7, 11) is 0. The second kappa shape index (κ2) is 5.66. The molecule has 2 aliphatic heterocycles. The lowest BCUT2D eigenvalue weighted by Crippen LogP contribution is -2.43. The fourth-order valence-corrected chi connectivity index (χ4v) is 3.36. The van der Waals surface area contributed by atoms with E-state index in [0.29, 0.717) is 11.6 Å². The Morgan fingerprint density at radius 2 is 1.81 bits per heavy atom. The van der Waals surface area contributed by atoms with Gasteiger partial charge in [-0.3, -0.25) is 9.59 Å². The van der Waals surface area contributed by atoms with Gasteiger partial charge in [0.1, 0.15) is 0 Å². The monoisotopic (exact) mass is 309 g/mol. The molecule has 21 heavy (non-hydrogen) atoms. The van der Waals surface area contributed by atoms with Gasteiger partial charge in [-0.25, -0.2) is 0 Å². The summed E-state index contributed by atoms with van der Waals surface area (Å²) in [6, 6.07) is 7.16. The van der Waals surface area contributed by atoms with E-state index in [1.54, 1.807) is 12.1 Å². The van der Waals surface area contributed by atoms with Crippen LogP contribution < -0.4 is 5.32 Å². The van der Waals surface area contributed by atoms with Crippen LogP contribution in [-0.2, 0) is 20.9 Å². The first kappa shape index (κ1) is 14.4. The molecule has 2 N–H and O–H groups in total. The molecule has 3 rings (SSSR count). The summed E-state index contributed by atoms with van der Waals surface area (Å²) in [5.41, 5.74) is 0.920. The van der Waals surface area contributed by atoms with Gasteiger partial charge in [-0.05, 0) is 30.5 Å². The number of rotatable bonds is 4. The highest BCUT2D eigenvalue weighted by atomic mass is 35.5. The Morgan fingerprint density at radius 1 is 1.19 bits per heavy atom. The SMILES string of the molecule is O=C(NCc1ccc(Cl)cc1)[C@@H]1[C@H](C(=O)O)[C@H]2CC[C@H]1O2. The second-order valence-corrected chi connectivity index (χ2v) is 5.96. The average molecular weight is 310 g/mol. The summed E-state index contributed by atoms with van der Waals surface area (Å²) >= 11 is 5.81. The van der Waals surface area contributed by atoms with E-state index in [1.165, 1.54) is 0 Å². The van der Waals surface area contributed by atoms with Gasteiger partial charge >= 0.3 is 5.97 Å². The van der Waals surface area contributed by atoms with Gasteiger partial charge in [-0.15, -0.1) is 0 Å². The molecule has 0 unspecified atom stereocenters. The van der Waals surface area contributed by atoms with Gasteiger partial charge in [-0.2, -0.15) is 0 Å². The molecule has 2 aliphatic rings. The number of carbonyl (C=O) groups excluding carboxylic acids is 1. The molecule has 1 aromatic carbocycles. The minimum atomic E-state index is -0.950. The predicted molar refractivity (Wildman–Crippen MR) is 75.8 cm³/mol. The van der Waals surface area contributed by atoms with E-state index in [4.69, 9.17) is 16.3 Å². The summed E-state index contributed by atoms with van der Waals surface area (Å²) < 4.78 is 5.59. The Bertz CT molecular complexity index is 559. The molecule has 2 fully saturated rings. The number of amides is 1. The maximum atomic E-state index is 12.3. The number of ether oxygens (including phenoxy) is 1. The van der Waals surface area contributed by atoms with E-state index in [0.717, 1.165) is 18.4 Å². The summed E-state index contributed by atoms with van der Waals surface area (Å²) in [6.07, 6.45) is 0.899. The number of nitrogens with one attached hydrogen (secondary N) is 1. The maximum absolute atomic E-state index is 12.3. The topological polar surface area (TPSA) is 75.6 Å². The lowest BCUT2D eigenvalue weighted by Gasteiger charge is -2.23. The zero-order chi connectivity index (χ0) is 15.0. The maximum Gasteiger partial charge on any atom is 0.310 e. The zero-order valence-corrected chi connectivity index (χ0v) is 12.0. The van der Waals surface area contributed by atoms with Gasteiger partial charge in [0.05, 0.1) is 24.0 Å². The lowest BCUT2D eigenvalue weighted by atomic mass is 9.78. The average Bonchev–Trinajstić information content (AvgIpc) is 3.06. The van der Waals surface area contributed by atoms with E-state index >= 15 is 0 Å². The standard InChI is InChI=1S/C15H16ClNO4/c16-9-3-1-8(2-4-9)7-17-14(18)12-10-5-6-11(21-10)13(12)15(19)20/h1-4,10-13H,5-7H2,(H,17,18)(H,19,20)/t10-,11-,12+,13-/m1/s1. The van der Waals surface area contributed by atoms with Gasteiger partial charge in [0.15, 0.2) is 0 Å². The smallest absolute Gasteiger partial charge is 0.310 e. The van der Waals surface area contributed by atoms with Crippen molar-refractivity contribution in [1.29, 1.82) is 0 Å². The first-order valence-electron chi connectivity index (χ1n) is 6.96. The van der Waals surface area contributed by atoms with Crippen LogP contribution in [0.2, 0.25) is 5.02 Å². The number of hydrogen-bond acceptors (Lipinski definition) is 3. The third-order valence-corrected chi connectivity index (χ3v) is 4.49. The number of benzene rings is 1. The molecule has 0 aliphatic carbocycles. The zero-order valence-electron chi connectivity index (χ0n) is 11.3. The summed E-state index contributed by atoms with van der Waals surface area (Å²) in [5.74, 6) is -2.51. The molecular formula is C15H16ClNO4. The molecule has 0 aromatic heterocycles. The largest absolute Gasteiger partial charge is 0.481 e. The van der Waals surface area contributed by atoms with Crippen LogP contribution in [0.25, 0.3) is 0 Å². The fraction of sp³-hybridized carbons (Fsp3) is 0.467. The van der Waals surface area contributed by atoms with Crippen LogP contribution in [0.3, 0.4) is 0 Å². The number of halogens is 1. The molecule has 5 nitrogen and oxygen atoms in total. The van der Waals surface area contributed by atoms with Crippen molar-refractivity contribution >= 4 is 23.5 Å². The third kappa shape index (κ3) is 2.76. The molecule has 2 bridgehead atoms. The van der Waals surface area contributed by atoms with Crippen molar-refractivity contribution in [2.75, 3.05) is 0 Å². The number of aliphatic carboxylic acids is 1.